The largest absolute Gasteiger partial charge is 0.502 e. The summed E-state index contributed by atoms with van der Waals surface area (Å²) in [5.74, 6) is -2.13. The molecule has 1 rings (SSSR count). The number of nitro groups is 1. The molecule has 0 radical (unpaired) electrons. The Morgan fingerprint density at radius 3 is 2.56 bits per heavy atom. The number of hydrogen-bond donors (Lipinski definition) is 2. The first-order valence-corrected chi connectivity index (χ1v) is 4.00. The van der Waals surface area contributed by atoms with Gasteiger partial charge in [0.2, 0.25) is 6.04 Å². The summed E-state index contributed by atoms with van der Waals surface area (Å²) in [5.41, 5.74) is -0.834. The molecule has 1 aromatic rings. The van der Waals surface area contributed by atoms with Crippen molar-refractivity contribution >= 4 is 11.7 Å². The van der Waals surface area contributed by atoms with E-state index in [-0.39, 0.29) is 5.56 Å². The fourth-order valence-corrected chi connectivity index (χ4v) is 1.11. The van der Waals surface area contributed by atoms with Crippen molar-refractivity contribution in [3.05, 3.63) is 38.8 Å². The SMILES string of the molecule is O=NC(C(=O)O)c1ccc(O)c([N+](=O)[O-])c1. The molecule has 84 valence electrons. The number of phenolic OH excluding ortho intramolecular Hbond substituents is 1. The van der Waals surface area contributed by atoms with Crippen molar-refractivity contribution in [3.8, 4) is 5.75 Å². The zero-order valence-electron chi connectivity index (χ0n) is 7.73. The fourth-order valence-electron chi connectivity index (χ4n) is 1.11. The van der Waals surface area contributed by atoms with E-state index in [4.69, 9.17) is 10.2 Å². The summed E-state index contributed by atoms with van der Waals surface area (Å²) in [6.07, 6.45) is 0. The normalized spacial score (nSPS) is 11.8. The summed E-state index contributed by atoms with van der Waals surface area (Å²) >= 11 is 0. The Hall–Kier alpha value is -2.51. The monoisotopic (exact) mass is 226 g/mol. The minimum Gasteiger partial charge on any atom is -0.502 e. The highest BCUT2D eigenvalue weighted by Gasteiger charge is 2.24. The van der Waals surface area contributed by atoms with E-state index in [2.05, 4.69) is 5.18 Å². The summed E-state index contributed by atoms with van der Waals surface area (Å²) in [6, 6.07) is 1.10. The number of benzene rings is 1. The second kappa shape index (κ2) is 4.34. The average molecular weight is 226 g/mol. The summed E-state index contributed by atoms with van der Waals surface area (Å²) in [7, 11) is 0. The molecule has 1 aromatic carbocycles. The number of nitroso groups, excluding NO2 is 1. The molecular weight excluding hydrogens is 220 g/mol. The maximum absolute atomic E-state index is 10.6. The topological polar surface area (TPSA) is 130 Å². The predicted molar refractivity (Wildman–Crippen MR) is 50.9 cm³/mol. The van der Waals surface area contributed by atoms with Gasteiger partial charge in [0.25, 0.3) is 0 Å². The molecule has 0 aliphatic rings. The number of rotatable bonds is 4. The van der Waals surface area contributed by atoms with Gasteiger partial charge in [-0.25, -0.2) is 4.79 Å². The molecule has 0 bridgehead atoms. The highest BCUT2D eigenvalue weighted by atomic mass is 16.6. The number of carbonyl (C=O) groups is 1. The van der Waals surface area contributed by atoms with Crippen molar-refractivity contribution in [1.82, 2.24) is 0 Å². The molecule has 0 saturated carbocycles. The predicted octanol–water partition coefficient (Wildman–Crippen LogP) is 1.19. The van der Waals surface area contributed by atoms with Crippen LogP contribution < -0.4 is 0 Å². The Kier molecular flexibility index (Phi) is 3.14. The van der Waals surface area contributed by atoms with Gasteiger partial charge in [-0.1, -0.05) is 6.07 Å². The zero-order valence-corrected chi connectivity index (χ0v) is 7.73. The Labute approximate surface area is 88.3 Å². The molecule has 0 fully saturated rings. The van der Waals surface area contributed by atoms with E-state index in [1.54, 1.807) is 0 Å². The number of phenols is 1. The van der Waals surface area contributed by atoms with Gasteiger partial charge in [0, 0.05) is 6.07 Å². The van der Waals surface area contributed by atoms with Crippen LogP contribution in [0.15, 0.2) is 23.4 Å². The molecule has 8 heteroatoms. The Morgan fingerprint density at radius 2 is 2.12 bits per heavy atom. The van der Waals surface area contributed by atoms with Gasteiger partial charge < -0.3 is 10.2 Å². The first-order valence-electron chi connectivity index (χ1n) is 4.00. The van der Waals surface area contributed by atoms with E-state index < -0.39 is 28.4 Å². The third-order valence-electron chi connectivity index (χ3n) is 1.85. The lowest BCUT2D eigenvalue weighted by atomic mass is 10.1. The van der Waals surface area contributed by atoms with E-state index >= 15 is 0 Å². The first-order chi connectivity index (χ1) is 7.47. The number of nitrogens with zero attached hydrogens (tertiary/aromatic N) is 2. The number of nitro benzene ring substituents is 1. The number of hydrogen-bond acceptors (Lipinski definition) is 6. The Morgan fingerprint density at radius 1 is 1.50 bits per heavy atom. The van der Waals surface area contributed by atoms with Crippen LogP contribution in [0.3, 0.4) is 0 Å². The summed E-state index contributed by atoms with van der Waals surface area (Å²) in [5, 5.41) is 30.5. The molecule has 8 nitrogen and oxygen atoms in total. The van der Waals surface area contributed by atoms with Crippen LogP contribution in [0.5, 0.6) is 5.75 Å². The van der Waals surface area contributed by atoms with Crippen LogP contribution in [0.4, 0.5) is 5.69 Å². The second-order valence-electron chi connectivity index (χ2n) is 2.85. The number of aliphatic carboxylic acids is 1. The minimum atomic E-state index is -1.72. The first kappa shape index (κ1) is 11.6. The third kappa shape index (κ3) is 2.11. The Bertz CT molecular complexity index is 458. The van der Waals surface area contributed by atoms with E-state index in [1.165, 1.54) is 0 Å². The van der Waals surface area contributed by atoms with Gasteiger partial charge in [0.05, 0.1) is 4.92 Å². The average Bonchev–Trinajstić information content (AvgIpc) is 2.20. The molecule has 0 spiro atoms. The molecule has 0 aromatic heterocycles. The van der Waals surface area contributed by atoms with E-state index in [9.17, 15) is 19.8 Å². The molecule has 2 N–H and O–H groups in total. The van der Waals surface area contributed by atoms with Crippen LogP contribution in [0.2, 0.25) is 0 Å². The van der Waals surface area contributed by atoms with Crippen LogP contribution in [0.1, 0.15) is 11.6 Å². The highest BCUT2D eigenvalue weighted by molar-refractivity contribution is 5.76. The van der Waals surface area contributed by atoms with Gasteiger partial charge in [-0.05, 0) is 16.8 Å². The smallest absolute Gasteiger partial charge is 0.336 e. The van der Waals surface area contributed by atoms with Gasteiger partial charge in [-0.3, -0.25) is 10.1 Å². The quantitative estimate of drug-likeness (QED) is 0.450. The van der Waals surface area contributed by atoms with E-state index in [0.29, 0.717) is 0 Å². The molecule has 0 aliphatic carbocycles. The number of aromatic hydroxyl groups is 1. The molecule has 1 unspecified atom stereocenters. The lowest BCUT2D eigenvalue weighted by Crippen LogP contribution is -2.08. The minimum absolute atomic E-state index is 0.160. The van der Waals surface area contributed by atoms with Gasteiger partial charge >= 0.3 is 11.7 Å². The highest BCUT2D eigenvalue weighted by Crippen LogP contribution is 2.30. The lowest BCUT2D eigenvalue weighted by Gasteiger charge is -2.04. The maximum atomic E-state index is 10.6. The summed E-state index contributed by atoms with van der Waals surface area (Å²) in [6.45, 7) is 0. The van der Waals surface area contributed by atoms with Gasteiger partial charge in [0.15, 0.2) is 5.75 Å². The fraction of sp³-hybridized carbons (Fsp3) is 0.125. The van der Waals surface area contributed by atoms with Crippen molar-refractivity contribution in [2.75, 3.05) is 0 Å². The second-order valence-corrected chi connectivity index (χ2v) is 2.85. The molecule has 16 heavy (non-hydrogen) atoms. The van der Waals surface area contributed by atoms with Gasteiger partial charge in [0.1, 0.15) is 0 Å². The van der Waals surface area contributed by atoms with Gasteiger partial charge in [-0.2, -0.15) is 0 Å². The maximum Gasteiger partial charge on any atom is 0.336 e. The van der Waals surface area contributed by atoms with Crippen molar-refractivity contribution in [1.29, 1.82) is 0 Å². The standard InChI is InChI=1S/C8H6N2O6/c11-6-2-1-4(3-5(6)10(15)16)7(9-14)8(12)13/h1-3,7,11H,(H,12,13). The van der Waals surface area contributed by atoms with Gasteiger partial charge in [-0.15, -0.1) is 4.91 Å². The van der Waals surface area contributed by atoms with Crippen molar-refractivity contribution in [3.63, 3.8) is 0 Å². The molecule has 0 aliphatic heterocycles. The summed E-state index contributed by atoms with van der Waals surface area (Å²) in [4.78, 5) is 30.4. The van der Waals surface area contributed by atoms with Crippen LogP contribution in [-0.4, -0.2) is 21.1 Å². The molecule has 0 amide bonds. The van der Waals surface area contributed by atoms with Crippen molar-refractivity contribution < 1.29 is 19.9 Å². The Balaban J connectivity index is 3.26. The molecule has 1 atom stereocenters. The molecular formula is C8H6N2O6. The van der Waals surface area contributed by atoms with E-state index in [0.717, 1.165) is 18.2 Å². The zero-order chi connectivity index (χ0) is 12.3. The van der Waals surface area contributed by atoms with Crippen molar-refractivity contribution in [2.45, 2.75) is 6.04 Å². The van der Waals surface area contributed by atoms with Crippen LogP contribution >= 0.6 is 0 Å². The third-order valence-corrected chi connectivity index (χ3v) is 1.85. The van der Waals surface area contributed by atoms with E-state index in [1.807, 2.05) is 0 Å². The molecule has 0 heterocycles. The van der Waals surface area contributed by atoms with Crippen LogP contribution in [0.25, 0.3) is 0 Å². The van der Waals surface area contributed by atoms with Crippen LogP contribution in [0, 0.1) is 15.0 Å². The summed E-state index contributed by atoms with van der Waals surface area (Å²) < 4.78 is 0. The lowest BCUT2D eigenvalue weighted by molar-refractivity contribution is -0.385. The van der Waals surface area contributed by atoms with Crippen molar-refractivity contribution in [2.24, 2.45) is 5.18 Å². The number of carboxylic acid groups (broad SMARTS) is 1. The number of carboxylic acids is 1. The molecule has 0 saturated heterocycles. The van der Waals surface area contributed by atoms with Crippen LogP contribution in [-0.2, 0) is 4.79 Å².